The maximum Gasteiger partial charge on any atom is 0.451 e. The molecule has 0 amide bonds. The van der Waals surface area contributed by atoms with Crippen molar-refractivity contribution in [3.05, 3.63) is 36.3 Å². The number of aromatic nitrogens is 4. The number of ether oxygens (including phenoxy) is 1. The maximum atomic E-state index is 13.0. The predicted molar refractivity (Wildman–Crippen MR) is 84.9 cm³/mol. The van der Waals surface area contributed by atoms with Crippen LogP contribution in [0, 0.1) is 0 Å². The number of benzene rings is 1. The molecule has 1 fully saturated rings. The molecule has 0 atom stereocenters. The summed E-state index contributed by atoms with van der Waals surface area (Å²) in [5.41, 5.74) is 0.995. The molecule has 9 heteroatoms. The Kier molecular flexibility index (Phi) is 3.52. The molecule has 130 valence electrons. The summed E-state index contributed by atoms with van der Waals surface area (Å²) in [7, 11) is 1.53. The highest BCUT2D eigenvalue weighted by molar-refractivity contribution is 5.77. The van der Waals surface area contributed by atoms with E-state index in [0.29, 0.717) is 22.9 Å². The molecule has 1 aliphatic rings. The summed E-state index contributed by atoms with van der Waals surface area (Å²) < 4.78 is 45.8. The first kappa shape index (κ1) is 15.7. The van der Waals surface area contributed by atoms with Gasteiger partial charge in [-0.05, 0) is 25.0 Å². The number of anilines is 1. The quantitative estimate of drug-likeness (QED) is 0.782. The molecule has 0 aliphatic heterocycles. The van der Waals surface area contributed by atoms with Crippen molar-refractivity contribution in [2.24, 2.45) is 0 Å². The van der Waals surface area contributed by atoms with Gasteiger partial charge in [-0.25, -0.2) is 15.0 Å². The van der Waals surface area contributed by atoms with Crippen molar-refractivity contribution >= 4 is 17.1 Å². The Morgan fingerprint density at radius 3 is 2.72 bits per heavy atom. The second kappa shape index (κ2) is 5.61. The van der Waals surface area contributed by atoms with Gasteiger partial charge in [0.15, 0.2) is 5.65 Å². The molecule has 0 bridgehead atoms. The largest absolute Gasteiger partial charge is 0.497 e. The Morgan fingerprint density at radius 2 is 2.04 bits per heavy atom. The van der Waals surface area contributed by atoms with E-state index in [4.69, 9.17) is 4.74 Å². The van der Waals surface area contributed by atoms with Crippen molar-refractivity contribution in [2.45, 2.75) is 25.1 Å². The third-order valence-corrected chi connectivity index (χ3v) is 3.88. The minimum Gasteiger partial charge on any atom is -0.497 e. The summed E-state index contributed by atoms with van der Waals surface area (Å²) >= 11 is 0. The van der Waals surface area contributed by atoms with Crippen LogP contribution in [-0.2, 0) is 6.18 Å². The summed E-state index contributed by atoms with van der Waals surface area (Å²) in [6.07, 6.45) is -1.52. The number of halogens is 3. The molecule has 0 unspecified atom stereocenters. The van der Waals surface area contributed by atoms with E-state index in [-0.39, 0.29) is 11.7 Å². The summed E-state index contributed by atoms with van der Waals surface area (Å²) in [4.78, 5) is 11.5. The lowest BCUT2D eigenvalue weighted by Gasteiger charge is -2.11. The minimum absolute atomic E-state index is 0.0960. The first-order valence-corrected chi connectivity index (χ1v) is 7.69. The van der Waals surface area contributed by atoms with Gasteiger partial charge in [0.1, 0.15) is 11.3 Å². The van der Waals surface area contributed by atoms with Crippen molar-refractivity contribution in [1.82, 2.24) is 19.5 Å². The van der Waals surface area contributed by atoms with Crippen molar-refractivity contribution in [2.75, 3.05) is 12.4 Å². The highest BCUT2D eigenvalue weighted by atomic mass is 19.4. The van der Waals surface area contributed by atoms with Gasteiger partial charge >= 0.3 is 6.18 Å². The predicted octanol–water partition coefficient (Wildman–Crippen LogP) is 3.42. The van der Waals surface area contributed by atoms with E-state index in [1.165, 1.54) is 7.11 Å². The Balaban J connectivity index is 1.93. The monoisotopic (exact) mass is 349 g/mol. The Bertz CT molecular complexity index is 933. The van der Waals surface area contributed by atoms with Crippen molar-refractivity contribution in [1.29, 1.82) is 0 Å². The van der Waals surface area contributed by atoms with Gasteiger partial charge < -0.3 is 10.1 Å². The van der Waals surface area contributed by atoms with E-state index in [1.807, 2.05) is 0 Å². The second-order valence-corrected chi connectivity index (χ2v) is 5.79. The van der Waals surface area contributed by atoms with Crippen LogP contribution in [-0.4, -0.2) is 32.7 Å². The van der Waals surface area contributed by atoms with Crippen LogP contribution in [0.4, 0.5) is 19.1 Å². The molecule has 2 heterocycles. The molecule has 2 aromatic heterocycles. The number of nitrogens with one attached hydrogen (secondary N) is 1. The molecule has 3 aromatic rings. The Labute approximate surface area is 140 Å². The average Bonchev–Trinajstić information content (AvgIpc) is 3.32. The van der Waals surface area contributed by atoms with Gasteiger partial charge in [0.05, 0.1) is 19.0 Å². The van der Waals surface area contributed by atoms with Crippen LogP contribution in [0.2, 0.25) is 0 Å². The molecular weight excluding hydrogens is 335 g/mol. The summed E-state index contributed by atoms with van der Waals surface area (Å²) in [5, 5.41) is 3.23. The van der Waals surface area contributed by atoms with Crippen LogP contribution < -0.4 is 10.1 Å². The normalized spacial score (nSPS) is 14.7. The van der Waals surface area contributed by atoms with Crippen molar-refractivity contribution < 1.29 is 17.9 Å². The standard InChI is InChI=1S/C16H14F3N5O/c1-25-11-4-2-3-10(7-11)24-13-12(22-15(24)21-9-5-6-9)8-20-14(23-13)16(17,18)19/h2-4,7-9H,5-6H2,1H3,(H,21,22). The Hall–Kier alpha value is -2.84. The van der Waals surface area contributed by atoms with Gasteiger partial charge in [-0.1, -0.05) is 6.07 Å². The van der Waals surface area contributed by atoms with Crippen LogP contribution >= 0.6 is 0 Å². The van der Waals surface area contributed by atoms with Crippen LogP contribution in [0.3, 0.4) is 0 Å². The molecule has 1 aromatic carbocycles. The molecule has 6 nitrogen and oxygen atoms in total. The molecule has 1 saturated carbocycles. The van der Waals surface area contributed by atoms with Gasteiger partial charge in [0.25, 0.3) is 0 Å². The zero-order valence-corrected chi connectivity index (χ0v) is 13.2. The number of methoxy groups -OCH3 is 1. The molecule has 1 aliphatic carbocycles. The number of alkyl halides is 3. The van der Waals surface area contributed by atoms with E-state index in [2.05, 4.69) is 20.3 Å². The fourth-order valence-electron chi connectivity index (χ4n) is 2.51. The maximum absolute atomic E-state index is 13.0. The van der Waals surface area contributed by atoms with Crippen LogP contribution in [0.5, 0.6) is 5.75 Å². The summed E-state index contributed by atoms with van der Waals surface area (Å²) in [5.74, 6) is -0.164. The van der Waals surface area contributed by atoms with Crippen LogP contribution in [0.15, 0.2) is 30.5 Å². The number of nitrogens with zero attached hydrogens (tertiary/aromatic N) is 4. The van der Waals surface area contributed by atoms with Gasteiger partial charge in [-0.2, -0.15) is 13.2 Å². The van der Waals surface area contributed by atoms with E-state index in [1.54, 1.807) is 28.8 Å². The number of rotatable bonds is 4. The molecule has 1 N–H and O–H groups in total. The first-order chi connectivity index (χ1) is 12.0. The molecule has 0 saturated heterocycles. The van der Waals surface area contributed by atoms with Gasteiger partial charge in [-0.3, -0.25) is 4.57 Å². The fourth-order valence-corrected chi connectivity index (χ4v) is 2.51. The molecule has 0 spiro atoms. The molecule has 0 radical (unpaired) electrons. The Morgan fingerprint density at radius 1 is 1.24 bits per heavy atom. The lowest BCUT2D eigenvalue weighted by atomic mass is 10.3. The van der Waals surface area contributed by atoms with Crippen LogP contribution in [0.25, 0.3) is 16.9 Å². The molecule has 25 heavy (non-hydrogen) atoms. The fraction of sp³-hybridized carbons (Fsp3) is 0.312. The number of imidazole rings is 1. The van der Waals surface area contributed by atoms with Crippen molar-refractivity contribution in [3.63, 3.8) is 0 Å². The SMILES string of the molecule is COc1cccc(-n2c(NC3CC3)nc3cnc(C(F)(F)F)nc32)c1. The first-order valence-electron chi connectivity index (χ1n) is 7.69. The second-order valence-electron chi connectivity index (χ2n) is 5.79. The average molecular weight is 349 g/mol. The zero-order valence-electron chi connectivity index (χ0n) is 13.2. The highest BCUT2D eigenvalue weighted by Gasteiger charge is 2.35. The number of fused-ring (bicyclic) bond motifs is 1. The smallest absolute Gasteiger partial charge is 0.451 e. The number of hydrogen-bond donors (Lipinski definition) is 1. The van der Waals surface area contributed by atoms with E-state index in [9.17, 15) is 13.2 Å². The van der Waals surface area contributed by atoms with E-state index in [0.717, 1.165) is 19.0 Å². The summed E-state index contributed by atoms with van der Waals surface area (Å²) in [6.45, 7) is 0. The van der Waals surface area contributed by atoms with Gasteiger partial charge in [0, 0.05) is 12.1 Å². The van der Waals surface area contributed by atoms with E-state index >= 15 is 0 Å². The minimum atomic E-state index is -4.62. The van der Waals surface area contributed by atoms with Gasteiger partial charge in [0.2, 0.25) is 11.8 Å². The number of hydrogen-bond acceptors (Lipinski definition) is 5. The van der Waals surface area contributed by atoms with Crippen molar-refractivity contribution in [3.8, 4) is 11.4 Å². The third kappa shape index (κ3) is 2.97. The van der Waals surface area contributed by atoms with Crippen LogP contribution in [0.1, 0.15) is 18.7 Å². The molecular formula is C16H14F3N5O. The molecule has 4 rings (SSSR count). The highest BCUT2D eigenvalue weighted by Crippen LogP contribution is 2.32. The lowest BCUT2D eigenvalue weighted by Crippen LogP contribution is -2.12. The topological polar surface area (TPSA) is 64.9 Å². The lowest BCUT2D eigenvalue weighted by molar-refractivity contribution is -0.144. The zero-order chi connectivity index (χ0) is 17.6. The van der Waals surface area contributed by atoms with E-state index < -0.39 is 12.0 Å². The van der Waals surface area contributed by atoms with Gasteiger partial charge in [-0.15, -0.1) is 0 Å². The third-order valence-electron chi connectivity index (χ3n) is 3.88. The summed E-state index contributed by atoms with van der Waals surface area (Å²) in [6, 6.07) is 7.27.